The summed E-state index contributed by atoms with van der Waals surface area (Å²) in [4.78, 5) is 2.42. The SMILES string of the molecule is CCCC1CCC(NC)C(CN(C)c2ccccc2)C1. The van der Waals surface area contributed by atoms with Crippen molar-refractivity contribution in [1.82, 2.24) is 5.32 Å². The smallest absolute Gasteiger partial charge is 0.0363 e. The fraction of sp³-hybridized carbons (Fsp3) is 0.667. The molecule has 2 rings (SSSR count). The van der Waals surface area contributed by atoms with E-state index in [1.54, 1.807) is 0 Å². The second kappa shape index (κ2) is 7.68. The lowest BCUT2D eigenvalue weighted by atomic mass is 9.76. The third kappa shape index (κ3) is 3.99. The number of nitrogens with one attached hydrogen (secondary N) is 1. The Morgan fingerprint density at radius 1 is 1.20 bits per heavy atom. The van der Waals surface area contributed by atoms with Gasteiger partial charge in [-0.25, -0.2) is 0 Å². The van der Waals surface area contributed by atoms with Crippen LogP contribution >= 0.6 is 0 Å². The van der Waals surface area contributed by atoms with Gasteiger partial charge in [0, 0.05) is 25.3 Å². The molecule has 3 unspecified atom stereocenters. The Morgan fingerprint density at radius 2 is 1.95 bits per heavy atom. The highest BCUT2D eigenvalue weighted by molar-refractivity contribution is 5.45. The summed E-state index contributed by atoms with van der Waals surface area (Å²) in [6.07, 6.45) is 6.87. The van der Waals surface area contributed by atoms with Gasteiger partial charge in [0.25, 0.3) is 0 Å². The molecule has 2 nitrogen and oxygen atoms in total. The topological polar surface area (TPSA) is 15.3 Å². The zero-order chi connectivity index (χ0) is 14.4. The minimum atomic E-state index is 0.689. The van der Waals surface area contributed by atoms with Crippen molar-refractivity contribution < 1.29 is 0 Å². The van der Waals surface area contributed by atoms with Crippen LogP contribution in [0.25, 0.3) is 0 Å². The van der Waals surface area contributed by atoms with Gasteiger partial charge >= 0.3 is 0 Å². The minimum absolute atomic E-state index is 0.689. The molecule has 0 radical (unpaired) electrons. The van der Waals surface area contributed by atoms with Gasteiger partial charge < -0.3 is 10.2 Å². The molecule has 0 bridgehead atoms. The van der Waals surface area contributed by atoms with Crippen molar-refractivity contribution in [3.8, 4) is 0 Å². The summed E-state index contributed by atoms with van der Waals surface area (Å²) in [6.45, 7) is 3.48. The Morgan fingerprint density at radius 3 is 2.60 bits per heavy atom. The normalized spacial score (nSPS) is 26.4. The van der Waals surface area contributed by atoms with Crippen LogP contribution in [0.1, 0.15) is 39.0 Å². The molecule has 20 heavy (non-hydrogen) atoms. The van der Waals surface area contributed by atoms with Crippen molar-refractivity contribution in [3.05, 3.63) is 30.3 Å². The average Bonchev–Trinajstić information content (AvgIpc) is 2.49. The van der Waals surface area contributed by atoms with Crippen LogP contribution in [0, 0.1) is 11.8 Å². The summed E-state index contributed by atoms with van der Waals surface area (Å²) in [6, 6.07) is 11.5. The number of hydrogen-bond donors (Lipinski definition) is 1. The molecule has 2 heteroatoms. The van der Waals surface area contributed by atoms with Crippen molar-refractivity contribution in [2.45, 2.75) is 45.1 Å². The molecule has 1 N–H and O–H groups in total. The van der Waals surface area contributed by atoms with E-state index in [4.69, 9.17) is 0 Å². The highest BCUT2D eigenvalue weighted by atomic mass is 15.1. The summed E-state index contributed by atoms with van der Waals surface area (Å²) in [7, 11) is 4.35. The first-order chi connectivity index (χ1) is 9.74. The third-order valence-electron chi connectivity index (χ3n) is 4.86. The number of para-hydroxylation sites is 1. The summed E-state index contributed by atoms with van der Waals surface area (Å²) < 4.78 is 0. The molecule has 0 aromatic heterocycles. The van der Waals surface area contributed by atoms with Crippen LogP contribution < -0.4 is 10.2 Å². The highest BCUT2D eigenvalue weighted by Crippen LogP contribution is 2.33. The number of hydrogen-bond acceptors (Lipinski definition) is 2. The van der Waals surface area contributed by atoms with Crippen LogP contribution in [0.4, 0.5) is 5.69 Å². The van der Waals surface area contributed by atoms with Crippen LogP contribution in [0.15, 0.2) is 30.3 Å². The monoisotopic (exact) mass is 274 g/mol. The highest BCUT2D eigenvalue weighted by Gasteiger charge is 2.29. The molecule has 1 saturated carbocycles. The van der Waals surface area contributed by atoms with E-state index in [1.165, 1.54) is 37.8 Å². The van der Waals surface area contributed by atoms with Crippen molar-refractivity contribution in [3.63, 3.8) is 0 Å². The van der Waals surface area contributed by atoms with Crippen LogP contribution in [0.2, 0.25) is 0 Å². The van der Waals surface area contributed by atoms with E-state index in [9.17, 15) is 0 Å². The molecule has 0 heterocycles. The van der Waals surface area contributed by atoms with Crippen LogP contribution in [0.3, 0.4) is 0 Å². The molecule has 1 aliphatic rings. The number of rotatable bonds is 6. The molecule has 0 spiro atoms. The maximum absolute atomic E-state index is 3.55. The van der Waals surface area contributed by atoms with Crippen molar-refractivity contribution in [2.75, 3.05) is 25.5 Å². The molecular weight excluding hydrogens is 244 g/mol. The predicted octanol–water partition coefficient (Wildman–Crippen LogP) is 3.93. The van der Waals surface area contributed by atoms with E-state index in [0.29, 0.717) is 6.04 Å². The summed E-state index contributed by atoms with van der Waals surface area (Å²) in [5.41, 5.74) is 1.33. The summed E-state index contributed by atoms with van der Waals surface area (Å²) in [5, 5.41) is 3.55. The lowest BCUT2D eigenvalue weighted by Crippen LogP contribution is -2.44. The average molecular weight is 274 g/mol. The van der Waals surface area contributed by atoms with Crippen molar-refractivity contribution in [1.29, 1.82) is 0 Å². The van der Waals surface area contributed by atoms with Crippen LogP contribution in [0.5, 0.6) is 0 Å². The van der Waals surface area contributed by atoms with Gasteiger partial charge in [0.05, 0.1) is 0 Å². The molecule has 112 valence electrons. The van der Waals surface area contributed by atoms with Gasteiger partial charge in [-0.05, 0) is 50.3 Å². The Hall–Kier alpha value is -1.02. The van der Waals surface area contributed by atoms with E-state index in [2.05, 4.69) is 61.6 Å². The van der Waals surface area contributed by atoms with Crippen LogP contribution in [-0.4, -0.2) is 26.7 Å². The van der Waals surface area contributed by atoms with Crippen molar-refractivity contribution >= 4 is 5.69 Å². The van der Waals surface area contributed by atoms with Gasteiger partial charge in [0.1, 0.15) is 0 Å². The first kappa shape index (κ1) is 15.4. The Balaban J connectivity index is 1.97. The first-order valence-corrected chi connectivity index (χ1v) is 8.18. The van der Waals surface area contributed by atoms with Gasteiger partial charge in [0.15, 0.2) is 0 Å². The number of anilines is 1. The lowest BCUT2D eigenvalue weighted by Gasteiger charge is -2.38. The minimum Gasteiger partial charge on any atom is -0.374 e. The Kier molecular flexibility index (Phi) is 5.90. The molecule has 3 atom stereocenters. The van der Waals surface area contributed by atoms with Gasteiger partial charge in [-0.15, -0.1) is 0 Å². The van der Waals surface area contributed by atoms with Crippen molar-refractivity contribution in [2.24, 2.45) is 11.8 Å². The van der Waals surface area contributed by atoms with Crippen LogP contribution in [-0.2, 0) is 0 Å². The first-order valence-electron chi connectivity index (χ1n) is 8.18. The molecule has 0 amide bonds. The lowest BCUT2D eigenvalue weighted by molar-refractivity contribution is 0.205. The fourth-order valence-corrected chi connectivity index (χ4v) is 3.75. The Bertz CT molecular complexity index is 376. The molecule has 1 aromatic carbocycles. The van der Waals surface area contributed by atoms with E-state index < -0.39 is 0 Å². The van der Waals surface area contributed by atoms with Gasteiger partial charge in [-0.1, -0.05) is 38.0 Å². The standard InChI is InChI=1S/C18H30N2/c1-4-8-15-11-12-18(19-2)16(13-15)14-20(3)17-9-6-5-7-10-17/h5-7,9-10,15-16,18-19H,4,8,11-14H2,1-3H3. The van der Waals surface area contributed by atoms with Gasteiger partial charge in [-0.3, -0.25) is 0 Å². The molecular formula is C18H30N2. The quantitative estimate of drug-likeness (QED) is 0.845. The molecule has 0 saturated heterocycles. The molecule has 1 fully saturated rings. The van der Waals surface area contributed by atoms with Gasteiger partial charge in [-0.2, -0.15) is 0 Å². The van der Waals surface area contributed by atoms with E-state index in [1.807, 2.05) is 0 Å². The molecule has 1 aliphatic carbocycles. The Labute approximate surface area is 124 Å². The van der Waals surface area contributed by atoms with Gasteiger partial charge in [0.2, 0.25) is 0 Å². The number of benzene rings is 1. The maximum Gasteiger partial charge on any atom is 0.0363 e. The predicted molar refractivity (Wildman–Crippen MR) is 88.3 cm³/mol. The van der Waals surface area contributed by atoms with E-state index in [-0.39, 0.29) is 0 Å². The largest absolute Gasteiger partial charge is 0.374 e. The fourth-order valence-electron chi connectivity index (χ4n) is 3.75. The zero-order valence-corrected chi connectivity index (χ0v) is 13.3. The maximum atomic E-state index is 3.55. The third-order valence-corrected chi connectivity index (χ3v) is 4.86. The van der Waals surface area contributed by atoms with E-state index in [0.717, 1.165) is 18.4 Å². The molecule has 0 aliphatic heterocycles. The zero-order valence-electron chi connectivity index (χ0n) is 13.3. The molecule has 1 aromatic rings. The summed E-state index contributed by atoms with van der Waals surface area (Å²) >= 11 is 0. The summed E-state index contributed by atoms with van der Waals surface area (Å²) in [5.74, 6) is 1.72. The number of nitrogens with zero attached hydrogens (tertiary/aromatic N) is 1. The second-order valence-electron chi connectivity index (χ2n) is 6.34. The second-order valence-corrected chi connectivity index (χ2v) is 6.34. The van der Waals surface area contributed by atoms with E-state index >= 15 is 0 Å².